The topological polar surface area (TPSA) is 51.0 Å². The maximum absolute atomic E-state index is 14.1. The van der Waals surface area contributed by atoms with Crippen LogP contribution in [-0.2, 0) is 13.5 Å². The molecule has 1 saturated carbocycles. The van der Waals surface area contributed by atoms with Crippen LogP contribution in [0.5, 0.6) is 0 Å². The Hall–Kier alpha value is -2.51. The van der Waals surface area contributed by atoms with E-state index < -0.39 is 0 Å². The molecule has 1 aliphatic heterocycles. The van der Waals surface area contributed by atoms with Crippen LogP contribution >= 0.6 is 22.7 Å². The van der Waals surface area contributed by atoms with Gasteiger partial charge in [0.05, 0.1) is 22.7 Å². The lowest BCUT2D eigenvalue weighted by Crippen LogP contribution is -2.40. The number of carbonyl (C=O) groups is 1. The summed E-state index contributed by atoms with van der Waals surface area (Å²) in [7, 11) is 1.92. The summed E-state index contributed by atoms with van der Waals surface area (Å²) in [4.78, 5) is 23.6. The van der Waals surface area contributed by atoms with Gasteiger partial charge in [-0.15, -0.1) is 22.7 Å². The van der Waals surface area contributed by atoms with Crippen LogP contribution in [0.15, 0.2) is 35.0 Å². The van der Waals surface area contributed by atoms with Gasteiger partial charge < -0.3 is 4.90 Å². The van der Waals surface area contributed by atoms with Crippen molar-refractivity contribution in [2.75, 3.05) is 6.54 Å². The van der Waals surface area contributed by atoms with E-state index in [-0.39, 0.29) is 11.9 Å². The second kappa shape index (κ2) is 6.75. The van der Waals surface area contributed by atoms with Crippen molar-refractivity contribution >= 4 is 39.6 Å². The van der Waals surface area contributed by atoms with Gasteiger partial charge in [0, 0.05) is 35.0 Å². The molecular weight excluding hydrogens is 412 g/mol. The molecule has 0 N–H and O–H groups in total. The van der Waals surface area contributed by atoms with Gasteiger partial charge in [-0.1, -0.05) is 6.07 Å². The quantitative estimate of drug-likeness (QED) is 0.453. The van der Waals surface area contributed by atoms with E-state index in [2.05, 4.69) is 39.0 Å². The number of aryl methyl sites for hydroxylation is 2. The predicted molar refractivity (Wildman–Crippen MR) is 120 cm³/mol. The van der Waals surface area contributed by atoms with Gasteiger partial charge in [0.25, 0.3) is 5.91 Å². The molecule has 0 saturated heterocycles. The minimum Gasteiger partial charge on any atom is -0.326 e. The van der Waals surface area contributed by atoms with Crippen LogP contribution in [0.3, 0.4) is 0 Å². The third-order valence-electron chi connectivity index (χ3n) is 6.25. The first kappa shape index (κ1) is 18.3. The number of thiophene rings is 2. The normalized spacial score (nSPS) is 18.7. The van der Waals surface area contributed by atoms with Crippen molar-refractivity contribution in [1.29, 1.82) is 0 Å². The fourth-order valence-corrected chi connectivity index (χ4v) is 6.42. The van der Waals surface area contributed by atoms with Gasteiger partial charge in [0.15, 0.2) is 5.65 Å². The molecule has 1 unspecified atom stereocenters. The van der Waals surface area contributed by atoms with Crippen molar-refractivity contribution in [1.82, 2.24) is 19.7 Å². The fourth-order valence-electron chi connectivity index (χ4n) is 4.66. The predicted octanol–water partition coefficient (Wildman–Crippen LogP) is 5.07. The molecule has 4 aromatic rings. The molecule has 5 heterocycles. The number of nitrogens with zero attached hydrogens (tertiary/aromatic N) is 4. The van der Waals surface area contributed by atoms with Crippen molar-refractivity contribution in [3.63, 3.8) is 0 Å². The molecule has 152 valence electrons. The summed E-state index contributed by atoms with van der Waals surface area (Å²) in [6.45, 7) is 2.71. The fraction of sp³-hybridized carbons (Fsp3) is 0.348. The second-order valence-corrected chi connectivity index (χ2v) is 10.2. The molecule has 0 radical (unpaired) electrons. The molecule has 0 bridgehead atoms. The van der Waals surface area contributed by atoms with Crippen LogP contribution in [0.4, 0.5) is 0 Å². The monoisotopic (exact) mass is 434 g/mol. The number of aromatic nitrogens is 3. The van der Waals surface area contributed by atoms with Gasteiger partial charge in [-0.2, -0.15) is 5.10 Å². The van der Waals surface area contributed by atoms with Crippen LogP contribution in [0, 0.1) is 6.92 Å². The Kier molecular flexibility index (Phi) is 4.11. The number of amides is 1. The number of rotatable bonds is 3. The first-order chi connectivity index (χ1) is 14.6. The van der Waals surface area contributed by atoms with Crippen LogP contribution in [0.2, 0.25) is 0 Å². The lowest BCUT2D eigenvalue weighted by Gasteiger charge is -2.35. The Labute approximate surface area is 183 Å². The summed E-state index contributed by atoms with van der Waals surface area (Å²) >= 11 is 3.53. The van der Waals surface area contributed by atoms with E-state index >= 15 is 0 Å². The summed E-state index contributed by atoms with van der Waals surface area (Å²) in [5, 5.41) is 9.73. The van der Waals surface area contributed by atoms with Gasteiger partial charge in [-0.25, -0.2) is 4.98 Å². The van der Waals surface area contributed by atoms with E-state index in [4.69, 9.17) is 4.98 Å². The van der Waals surface area contributed by atoms with Crippen molar-refractivity contribution in [2.45, 2.75) is 38.1 Å². The van der Waals surface area contributed by atoms with Gasteiger partial charge in [-0.3, -0.25) is 9.48 Å². The average molecular weight is 435 g/mol. The highest BCUT2D eigenvalue weighted by atomic mass is 32.1. The Morgan fingerprint density at radius 3 is 2.83 bits per heavy atom. The second-order valence-electron chi connectivity index (χ2n) is 8.24. The first-order valence-corrected chi connectivity index (χ1v) is 12.1. The van der Waals surface area contributed by atoms with Crippen LogP contribution < -0.4 is 0 Å². The summed E-state index contributed by atoms with van der Waals surface area (Å²) in [5.41, 5.74) is 4.76. The molecule has 1 amide bonds. The molecule has 0 spiro atoms. The summed E-state index contributed by atoms with van der Waals surface area (Å²) in [6, 6.07) is 8.44. The van der Waals surface area contributed by atoms with E-state index in [1.807, 2.05) is 24.7 Å². The summed E-state index contributed by atoms with van der Waals surface area (Å²) in [6.07, 6.45) is 3.22. The Bertz CT molecular complexity index is 1270. The molecule has 1 atom stereocenters. The van der Waals surface area contributed by atoms with Crippen LogP contribution in [0.25, 0.3) is 11.0 Å². The molecule has 30 heavy (non-hydrogen) atoms. The van der Waals surface area contributed by atoms with E-state index in [0.29, 0.717) is 5.92 Å². The molecule has 1 aliphatic carbocycles. The lowest BCUT2D eigenvalue weighted by atomic mass is 9.96. The van der Waals surface area contributed by atoms with Gasteiger partial charge in [-0.05, 0) is 60.7 Å². The summed E-state index contributed by atoms with van der Waals surface area (Å²) < 4.78 is 1.82. The third-order valence-corrected chi connectivity index (χ3v) is 8.18. The highest BCUT2D eigenvalue weighted by Gasteiger charge is 2.36. The molecule has 6 rings (SSSR count). The van der Waals surface area contributed by atoms with Gasteiger partial charge >= 0.3 is 0 Å². The smallest absolute Gasteiger partial charge is 0.255 e. The van der Waals surface area contributed by atoms with E-state index in [0.717, 1.165) is 53.8 Å². The third kappa shape index (κ3) is 2.76. The highest BCUT2D eigenvalue weighted by Crippen LogP contribution is 2.43. The Balaban J connectivity index is 1.51. The molecular formula is C23H22N4OS2. The minimum atomic E-state index is -0.0166. The largest absolute Gasteiger partial charge is 0.326 e. The van der Waals surface area contributed by atoms with Gasteiger partial charge in [0.1, 0.15) is 0 Å². The zero-order valence-electron chi connectivity index (χ0n) is 17.0. The number of carbonyl (C=O) groups excluding carboxylic acids is 1. The van der Waals surface area contributed by atoms with Crippen molar-refractivity contribution in [3.05, 3.63) is 67.3 Å². The Morgan fingerprint density at radius 2 is 2.07 bits per heavy atom. The first-order valence-electron chi connectivity index (χ1n) is 10.4. The van der Waals surface area contributed by atoms with Crippen molar-refractivity contribution in [3.8, 4) is 0 Å². The van der Waals surface area contributed by atoms with E-state index in [1.165, 1.54) is 15.3 Å². The number of fused-ring (bicyclic) bond motifs is 2. The number of pyridine rings is 1. The maximum atomic E-state index is 14.1. The number of hydrogen-bond acceptors (Lipinski definition) is 5. The van der Waals surface area contributed by atoms with Crippen LogP contribution in [0.1, 0.15) is 61.9 Å². The van der Waals surface area contributed by atoms with Crippen molar-refractivity contribution < 1.29 is 4.79 Å². The molecule has 0 aromatic carbocycles. The summed E-state index contributed by atoms with van der Waals surface area (Å²) in [5.74, 6) is 0.574. The molecule has 1 fully saturated rings. The SMILES string of the molecule is Cc1nn(C)c2nc(C3CC3)cc(C(=O)N3CCc4sccc4C3c3cccs3)c12. The minimum absolute atomic E-state index is 0.0166. The molecule has 4 aromatic heterocycles. The zero-order valence-corrected chi connectivity index (χ0v) is 18.6. The van der Waals surface area contributed by atoms with E-state index in [1.54, 1.807) is 22.7 Å². The number of hydrogen-bond donors (Lipinski definition) is 0. The zero-order chi connectivity index (χ0) is 20.4. The van der Waals surface area contributed by atoms with Crippen molar-refractivity contribution in [2.24, 2.45) is 7.05 Å². The van der Waals surface area contributed by atoms with Crippen LogP contribution in [-0.4, -0.2) is 32.1 Å². The lowest BCUT2D eigenvalue weighted by molar-refractivity contribution is 0.0700. The average Bonchev–Trinajstić information content (AvgIpc) is 3.13. The molecule has 7 heteroatoms. The van der Waals surface area contributed by atoms with Gasteiger partial charge in [0.2, 0.25) is 0 Å². The Morgan fingerprint density at radius 1 is 1.20 bits per heavy atom. The maximum Gasteiger partial charge on any atom is 0.255 e. The highest BCUT2D eigenvalue weighted by molar-refractivity contribution is 7.10. The standard InChI is InChI=1S/C23H22N4OS2/c1-13-20-16(12-17(14-5-6-14)24-22(20)26(2)25-13)23(28)27-9-7-18-15(8-11-30-18)21(27)19-4-3-10-29-19/h3-4,8,10-12,14,21H,5-7,9H2,1-2H3. The van der Waals surface area contributed by atoms with E-state index in [9.17, 15) is 4.79 Å². The molecule has 2 aliphatic rings. The molecule has 5 nitrogen and oxygen atoms in total.